The Bertz CT molecular complexity index is 631. The van der Waals surface area contributed by atoms with E-state index >= 15 is 0 Å². The van der Waals surface area contributed by atoms with Crippen molar-refractivity contribution < 1.29 is 35.9 Å². The van der Waals surface area contributed by atoms with Crippen LogP contribution in [0.15, 0.2) is 12.3 Å². The number of ether oxygens (including phenoxy) is 1. The molecule has 0 radical (unpaired) electrons. The van der Waals surface area contributed by atoms with Gasteiger partial charge in [0.15, 0.2) is 12.4 Å². The largest absolute Gasteiger partial charge is 0.468 e. The van der Waals surface area contributed by atoms with Crippen molar-refractivity contribution >= 4 is 6.03 Å². The second kappa shape index (κ2) is 7.54. The smallest absolute Gasteiger partial charge is 0.422 e. The highest BCUT2D eigenvalue weighted by atomic mass is 19.4. The highest BCUT2D eigenvalue weighted by molar-refractivity contribution is 5.73. The summed E-state index contributed by atoms with van der Waals surface area (Å²) in [6, 6.07) is 0.398. The first kappa shape index (κ1) is 20.0. The summed E-state index contributed by atoms with van der Waals surface area (Å²) in [6.07, 6.45) is -7.74. The molecular formula is C14H16F6N4O2. The van der Waals surface area contributed by atoms with Crippen molar-refractivity contribution in [2.75, 3.05) is 13.2 Å². The molecule has 1 heterocycles. The van der Waals surface area contributed by atoms with Crippen LogP contribution in [0.5, 0.6) is 5.88 Å². The summed E-state index contributed by atoms with van der Waals surface area (Å²) in [5.41, 5.74) is -1.70. The second-order valence-electron chi connectivity index (χ2n) is 5.85. The van der Waals surface area contributed by atoms with E-state index in [-0.39, 0.29) is 44.1 Å². The Morgan fingerprint density at radius 3 is 2.46 bits per heavy atom. The molecule has 0 bridgehead atoms. The van der Waals surface area contributed by atoms with Gasteiger partial charge in [0, 0.05) is 18.8 Å². The first-order chi connectivity index (χ1) is 12.0. The molecule has 1 fully saturated rings. The van der Waals surface area contributed by atoms with Gasteiger partial charge in [-0.2, -0.15) is 31.3 Å². The minimum Gasteiger partial charge on any atom is -0.468 e. The average Bonchev–Trinajstić information content (AvgIpc) is 3.32. The number of rotatable bonds is 7. The monoisotopic (exact) mass is 386 g/mol. The van der Waals surface area contributed by atoms with Crippen LogP contribution in [0.1, 0.15) is 25.1 Å². The van der Waals surface area contributed by atoms with Gasteiger partial charge in [-0.05, 0) is 19.3 Å². The fraction of sp³-hybridized carbons (Fsp3) is 0.643. The molecular weight excluding hydrogens is 370 g/mol. The van der Waals surface area contributed by atoms with Crippen molar-refractivity contribution in [1.82, 2.24) is 20.6 Å². The number of hydrogen-bond acceptors (Lipinski definition) is 4. The fourth-order valence-corrected chi connectivity index (χ4v) is 2.16. The van der Waals surface area contributed by atoms with Crippen LogP contribution in [0.2, 0.25) is 0 Å². The molecule has 2 amide bonds. The van der Waals surface area contributed by atoms with Crippen LogP contribution in [0.3, 0.4) is 0 Å². The summed E-state index contributed by atoms with van der Waals surface area (Å²) in [5.74, 6) is -0.316. The molecule has 2 N–H and O–H groups in total. The summed E-state index contributed by atoms with van der Waals surface area (Å²) < 4.78 is 78.9. The molecule has 1 aliphatic rings. The molecule has 1 aromatic heterocycles. The number of hydrogen-bond donors (Lipinski definition) is 2. The molecule has 2 rings (SSSR count). The third-order valence-corrected chi connectivity index (χ3v) is 3.81. The first-order valence-corrected chi connectivity index (χ1v) is 7.61. The van der Waals surface area contributed by atoms with Crippen LogP contribution in [0.25, 0.3) is 0 Å². The number of nitrogens with zero attached hydrogens (tertiary/aromatic N) is 2. The van der Waals surface area contributed by atoms with Crippen molar-refractivity contribution in [3.8, 4) is 5.88 Å². The van der Waals surface area contributed by atoms with E-state index in [9.17, 15) is 31.1 Å². The minimum absolute atomic E-state index is 0.00576. The van der Waals surface area contributed by atoms with E-state index in [1.54, 1.807) is 0 Å². The molecule has 12 heteroatoms. The molecule has 0 atom stereocenters. The van der Waals surface area contributed by atoms with E-state index in [1.165, 1.54) is 0 Å². The summed E-state index contributed by atoms with van der Waals surface area (Å²) in [5, 5.41) is 4.61. The third-order valence-electron chi connectivity index (χ3n) is 3.81. The second-order valence-corrected chi connectivity index (χ2v) is 5.85. The zero-order valence-corrected chi connectivity index (χ0v) is 13.4. The summed E-state index contributed by atoms with van der Waals surface area (Å²) in [7, 11) is 0. The molecule has 0 spiro atoms. The first-order valence-electron chi connectivity index (χ1n) is 7.61. The molecule has 146 valence electrons. The van der Waals surface area contributed by atoms with Crippen LogP contribution in [-0.4, -0.2) is 41.5 Å². The molecule has 26 heavy (non-hydrogen) atoms. The van der Waals surface area contributed by atoms with Crippen LogP contribution >= 0.6 is 0 Å². The number of carbonyl (C=O) groups is 1. The summed E-state index contributed by atoms with van der Waals surface area (Å²) in [6.45, 7) is -1.89. The molecule has 6 nitrogen and oxygen atoms in total. The lowest BCUT2D eigenvalue weighted by Crippen LogP contribution is -2.38. The van der Waals surface area contributed by atoms with Gasteiger partial charge in [0.2, 0.25) is 5.88 Å². The minimum atomic E-state index is -4.52. The Morgan fingerprint density at radius 2 is 1.88 bits per heavy atom. The normalized spacial score (nSPS) is 16.1. The van der Waals surface area contributed by atoms with Crippen LogP contribution in [0.4, 0.5) is 31.1 Å². The lowest BCUT2D eigenvalue weighted by Gasteiger charge is -2.19. The molecule has 1 aliphatic carbocycles. The molecule has 0 unspecified atom stereocenters. The Hall–Kier alpha value is -2.27. The Morgan fingerprint density at radius 1 is 1.19 bits per heavy atom. The van der Waals surface area contributed by atoms with E-state index < -0.39 is 30.4 Å². The van der Waals surface area contributed by atoms with Crippen molar-refractivity contribution in [1.29, 1.82) is 0 Å². The predicted molar refractivity (Wildman–Crippen MR) is 76.2 cm³/mol. The van der Waals surface area contributed by atoms with Crippen molar-refractivity contribution in [3.05, 3.63) is 18.1 Å². The van der Waals surface area contributed by atoms with E-state index in [0.717, 1.165) is 12.3 Å². The quantitative estimate of drug-likeness (QED) is 0.707. The number of nitrogens with one attached hydrogen (secondary N) is 2. The fourth-order valence-electron chi connectivity index (χ4n) is 2.16. The zero-order valence-electron chi connectivity index (χ0n) is 13.4. The van der Waals surface area contributed by atoms with Gasteiger partial charge in [-0.1, -0.05) is 0 Å². The number of aromatic nitrogens is 2. The molecule has 1 saturated carbocycles. The van der Waals surface area contributed by atoms with Crippen LogP contribution < -0.4 is 15.4 Å². The zero-order chi connectivity index (χ0) is 19.4. The standard InChI is InChI=1S/C14H16F6N4O2/c15-13(16,17)8-26-10-1-5-21-9(24-10)7-23-11(25)22-6-4-12(2-3-12)14(18,19)20/h1,5H,2-4,6-8H2,(H2,22,23,25). The van der Waals surface area contributed by atoms with E-state index in [4.69, 9.17) is 0 Å². The number of halogens is 6. The number of amides is 2. The third kappa shape index (κ3) is 5.92. The SMILES string of the molecule is O=C(NCCC1(C(F)(F)F)CC1)NCc1nccc(OCC(F)(F)F)n1. The summed E-state index contributed by atoms with van der Waals surface area (Å²) >= 11 is 0. The van der Waals surface area contributed by atoms with E-state index in [2.05, 4.69) is 25.3 Å². The maximum Gasteiger partial charge on any atom is 0.422 e. The average molecular weight is 386 g/mol. The van der Waals surface area contributed by atoms with Crippen molar-refractivity contribution in [2.45, 2.75) is 38.2 Å². The van der Waals surface area contributed by atoms with Gasteiger partial charge in [0.25, 0.3) is 0 Å². The van der Waals surface area contributed by atoms with Gasteiger partial charge >= 0.3 is 18.4 Å². The number of carbonyl (C=O) groups excluding carboxylic acids is 1. The van der Waals surface area contributed by atoms with Gasteiger partial charge in [-0.15, -0.1) is 0 Å². The van der Waals surface area contributed by atoms with Gasteiger partial charge in [0.05, 0.1) is 12.0 Å². The van der Waals surface area contributed by atoms with E-state index in [0.29, 0.717) is 0 Å². The lowest BCUT2D eigenvalue weighted by molar-refractivity contribution is -0.188. The van der Waals surface area contributed by atoms with Crippen LogP contribution in [0, 0.1) is 5.41 Å². The topological polar surface area (TPSA) is 76.1 Å². The Kier molecular flexibility index (Phi) is 5.81. The highest BCUT2D eigenvalue weighted by Gasteiger charge is 2.62. The molecule has 0 aliphatic heterocycles. The molecule has 0 aromatic carbocycles. The molecule has 1 aromatic rings. The van der Waals surface area contributed by atoms with Crippen molar-refractivity contribution in [2.24, 2.45) is 5.41 Å². The van der Waals surface area contributed by atoms with Gasteiger partial charge in [-0.3, -0.25) is 0 Å². The maximum absolute atomic E-state index is 12.7. The highest BCUT2D eigenvalue weighted by Crippen LogP contribution is 2.59. The predicted octanol–water partition coefficient (Wildman–Crippen LogP) is 2.95. The maximum atomic E-state index is 12.7. The van der Waals surface area contributed by atoms with Crippen molar-refractivity contribution in [3.63, 3.8) is 0 Å². The number of alkyl halides is 6. The lowest BCUT2D eigenvalue weighted by atomic mass is 10.0. The Labute approximate surface area is 144 Å². The molecule has 0 saturated heterocycles. The van der Waals surface area contributed by atoms with E-state index in [1.807, 2.05) is 0 Å². The number of urea groups is 1. The summed E-state index contributed by atoms with van der Waals surface area (Å²) in [4.78, 5) is 19.0. The van der Waals surface area contributed by atoms with Gasteiger partial charge in [0.1, 0.15) is 0 Å². The van der Waals surface area contributed by atoms with Gasteiger partial charge in [-0.25, -0.2) is 9.78 Å². The van der Waals surface area contributed by atoms with Gasteiger partial charge < -0.3 is 15.4 Å². The Balaban J connectivity index is 1.72. The van der Waals surface area contributed by atoms with Crippen LogP contribution in [-0.2, 0) is 6.54 Å².